The monoisotopic (exact) mass is 586 g/mol. The molecule has 4 heterocycles. The number of aliphatic hydroxyl groups excluding tert-OH is 2. The summed E-state index contributed by atoms with van der Waals surface area (Å²) in [6.07, 6.45) is 0.146. The van der Waals surface area contributed by atoms with Crippen LogP contribution in [0.5, 0.6) is 0 Å². The molecular formula is C25H29F3N4O7S. The van der Waals surface area contributed by atoms with Crippen LogP contribution < -0.4 is 0 Å². The summed E-state index contributed by atoms with van der Waals surface area (Å²) in [7, 11) is 1.41. The number of methoxy groups -OCH3 is 1. The molecule has 0 spiro atoms. The van der Waals surface area contributed by atoms with E-state index in [9.17, 15) is 28.5 Å². The maximum Gasteiger partial charge on any atom is 0.194 e. The summed E-state index contributed by atoms with van der Waals surface area (Å²) in [5, 5.41) is 44.3. The van der Waals surface area contributed by atoms with E-state index in [2.05, 4.69) is 15.5 Å². The highest BCUT2D eigenvalue weighted by atomic mass is 32.2. The van der Waals surface area contributed by atoms with E-state index >= 15 is 0 Å². The maximum absolute atomic E-state index is 13.8. The molecule has 2 aliphatic heterocycles. The van der Waals surface area contributed by atoms with E-state index in [-0.39, 0.29) is 11.3 Å². The largest absolute Gasteiger partial charge is 0.394 e. The van der Waals surface area contributed by atoms with Crippen molar-refractivity contribution in [1.82, 2.24) is 20.2 Å². The van der Waals surface area contributed by atoms with Crippen LogP contribution in [-0.4, -0.2) is 91.7 Å². The van der Waals surface area contributed by atoms with Gasteiger partial charge in [-0.2, -0.15) is 0 Å². The lowest BCUT2D eigenvalue weighted by Gasteiger charge is -2.46. The summed E-state index contributed by atoms with van der Waals surface area (Å²) in [5.74, 6) is -4.38. The lowest BCUT2D eigenvalue weighted by Crippen LogP contribution is -2.56. The van der Waals surface area contributed by atoms with Crippen LogP contribution in [0.15, 0.2) is 29.1 Å². The predicted octanol–water partition coefficient (Wildman–Crippen LogP) is 2.31. The van der Waals surface area contributed by atoms with Crippen LogP contribution in [0.2, 0.25) is 0 Å². The van der Waals surface area contributed by atoms with Crippen LogP contribution in [0, 0.1) is 24.4 Å². The Balaban J connectivity index is 1.49. The highest BCUT2D eigenvalue weighted by Crippen LogP contribution is 2.49. The van der Waals surface area contributed by atoms with Gasteiger partial charge in [0.1, 0.15) is 47.4 Å². The Morgan fingerprint density at radius 1 is 1.23 bits per heavy atom. The summed E-state index contributed by atoms with van der Waals surface area (Å²) in [4.78, 5) is 0. The second-order valence-corrected chi connectivity index (χ2v) is 11.1. The summed E-state index contributed by atoms with van der Waals surface area (Å²) < 4.78 is 64.9. The Kier molecular flexibility index (Phi) is 8.52. The van der Waals surface area contributed by atoms with Crippen LogP contribution in [0.3, 0.4) is 0 Å². The highest BCUT2D eigenvalue weighted by molar-refractivity contribution is 8.00. The summed E-state index contributed by atoms with van der Waals surface area (Å²) in [6.45, 7) is 1.94. The van der Waals surface area contributed by atoms with Gasteiger partial charge in [-0.15, -0.1) is 16.9 Å². The number of rotatable bonds is 8. The molecule has 2 aromatic heterocycles. The van der Waals surface area contributed by atoms with Gasteiger partial charge in [-0.05, 0) is 19.1 Å². The number of aryl methyl sites for hydroxylation is 1. The zero-order valence-electron chi connectivity index (χ0n) is 21.6. The molecule has 11 nitrogen and oxygen atoms in total. The van der Waals surface area contributed by atoms with E-state index < -0.39 is 64.7 Å². The number of ether oxygens (including phenoxy) is 3. The maximum atomic E-state index is 13.8. The van der Waals surface area contributed by atoms with Crippen molar-refractivity contribution in [2.24, 2.45) is 0 Å². The lowest BCUT2D eigenvalue weighted by molar-refractivity contribution is -0.186. The van der Waals surface area contributed by atoms with Gasteiger partial charge < -0.3 is 34.1 Å². The second-order valence-electron chi connectivity index (χ2n) is 9.86. The number of aromatic nitrogens is 4. The summed E-state index contributed by atoms with van der Waals surface area (Å²) in [5.41, 5.74) is -0.910. The van der Waals surface area contributed by atoms with Gasteiger partial charge in [-0.1, -0.05) is 10.4 Å². The average molecular weight is 587 g/mol. The summed E-state index contributed by atoms with van der Waals surface area (Å²) in [6, 6.07) is 0.596. The van der Waals surface area contributed by atoms with Crippen molar-refractivity contribution >= 4 is 11.8 Å². The van der Waals surface area contributed by atoms with Gasteiger partial charge in [0, 0.05) is 44.3 Å². The van der Waals surface area contributed by atoms with E-state index in [0.29, 0.717) is 31.7 Å². The average Bonchev–Trinajstić information content (AvgIpc) is 3.60. The SMILES string of the molecule is CO[C@@H]1[C@@H](n2cc(-c3cc(F)c(F)c(F)c3)nn2)[C@@H](O)[C@@H](CO)O[C@H]1S[C@H](c1nocc1C)C1(O)CCOCC1. The first-order valence-corrected chi connectivity index (χ1v) is 13.5. The van der Waals surface area contributed by atoms with Crippen LogP contribution in [0.1, 0.15) is 35.4 Å². The van der Waals surface area contributed by atoms with Crippen molar-refractivity contribution in [3.63, 3.8) is 0 Å². The molecule has 3 aromatic rings. The minimum Gasteiger partial charge on any atom is -0.394 e. The third-order valence-electron chi connectivity index (χ3n) is 7.34. The summed E-state index contributed by atoms with van der Waals surface area (Å²) >= 11 is 1.20. The van der Waals surface area contributed by atoms with Crippen molar-refractivity contribution < 1.29 is 47.2 Å². The molecule has 5 rings (SSSR count). The first kappa shape index (κ1) is 29.0. The van der Waals surface area contributed by atoms with E-state index in [1.165, 1.54) is 36.0 Å². The number of aliphatic hydroxyl groups is 3. The Morgan fingerprint density at radius 2 is 1.93 bits per heavy atom. The fourth-order valence-electron chi connectivity index (χ4n) is 5.10. The first-order valence-electron chi connectivity index (χ1n) is 12.6. The molecule has 0 saturated carbocycles. The number of nitrogens with zero attached hydrogens (tertiary/aromatic N) is 4. The molecule has 0 amide bonds. The van der Waals surface area contributed by atoms with E-state index in [1.54, 1.807) is 6.92 Å². The molecule has 15 heteroatoms. The fraction of sp³-hybridized carbons (Fsp3) is 0.560. The Hall–Kier alpha value is -2.53. The molecule has 0 unspecified atom stereocenters. The number of hydrogen-bond donors (Lipinski definition) is 3. The molecule has 40 heavy (non-hydrogen) atoms. The first-order chi connectivity index (χ1) is 19.2. The van der Waals surface area contributed by atoms with Gasteiger partial charge in [0.15, 0.2) is 17.5 Å². The predicted molar refractivity (Wildman–Crippen MR) is 133 cm³/mol. The molecule has 1 aromatic carbocycles. The number of hydrogen-bond acceptors (Lipinski definition) is 11. The van der Waals surface area contributed by atoms with Gasteiger partial charge in [-0.3, -0.25) is 0 Å². The van der Waals surface area contributed by atoms with Crippen LogP contribution in [0.4, 0.5) is 13.2 Å². The molecule has 0 radical (unpaired) electrons. The van der Waals surface area contributed by atoms with Crippen molar-refractivity contribution in [2.45, 2.75) is 60.4 Å². The van der Waals surface area contributed by atoms with Gasteiger partial charge in [-0.25, -0.2) is 17.9 Å². The minimum atomic E-state index is -1.61. The lowest BCUT2D eigenvalue weighted by atomic mass is 9.88. The second kappa shape index (κ2) is 11.8. The fourth-order valence-corrected chi connectivity index (χ4v) is 6.85. The molecule has 2 saturated heterocycles. The standard InChI is InChI=1S/C25H29F3N4O7S/c1-12-11-38-30-19(12)23(25(35)3-5-37-6-4-25)40-24-22(36-2)20(21(34)17(10-33)39-24)32-9-16(29-31-32)13-7-14(26)18(28)15(27)8-13/h7-9,11,17,20-24,33-35H,3-6,10H2,1-2H3/t17-,20+,21+,22-,23-,24+/m1/s1. The van der Waals surface area contributed by atoms with Gasteiger partial charge in [0.25, 0.3) is 0 Å². The van der Waals surface area contributed by atoms with Gasteiger partial charge >= 0.3 is 0 Å². The van der Waals surface area contributed by atoms with Crippen LogP contribution in [-0.2, 0) is 14.2 Å². The van der Waals surface area contributed by atoms with Crippen molar-refractivity contribution in [3.8, 4) is 11.3 Å². The molecule has 0 aliphatic carbocycles. The molecule has 0 bridgehead atoms. The molecule has 3 N–H and O–H groups in total. The number of benzene rings is 1. The third-order valence-corrected chi connectivity index (χ3v) is 8.92. The van der Waals surface area contributed by atoms with Crippen LogP contribution >= 0.6 is 11.8 Å². The number of halogens is 3. The Morgan fingerprint density at radius 3 is 2.52 bits per heavy atom. The topological polar surface area (TPSA) is 145 Å². The van der Waals surface area contributed by atoms with Crippen molar-refractivity contribution in [3.05, 3.63) is 53.3 Å². The Labute approximate surface area is 231 Å². The quantitative estimate of drug-likeness (QED) is 0.335. The molecule has 2 aliphatic rings. The molecule has 6 atom stereocenters. The minimum absolute atomic E-state index is 0.0173. The van der Waals surface area contributed by atoms with Gasteiger partial charge in [0.2, 0.25) is 0 Å². The normalized spacial score (nSPS) is 27.6. The van der Waals surface area contributed by atoms with Crippen molar-refractivity contribution in [2.75, 3.05) is 26.9 Å². The third kappa shape index (κ3) is 5.38. The van der Waals surface area contributed by atoms with E-state index in [1.807, 2.05) is 0 Å². The van der Waals surface area contributed by atoms with Crippen molar-refractivity contribution in [1.29, 1.82) is 0 Å². The Bertz CT molecular complexity index is 1300. The smallest absolute Gasteiger partial charge is 0.194 e. The van der Waals surface area contributed by atoms with E-state index in [0.717, 1.165) is 17.7 Å². The molecular weight excluding hydrogens is 557 g/mol. The molecule has 218 valence electrons. The zero-order chi connectivity index (χ0) is 28.6. The highest BCUT2D eigenvalue weighted by Gasteiger charge is 2.51. The molecule has 2 fully saturated rings. The van der Waals surface area contributed by atoms with E-state index in [4.69, 9.17) is 18.7 Å². The number of thioether (sulfide) groups is 1. The zero-order valence-corrected chi connectivity index (χ0v) is 22.4. The van der Waals surface area contributed by atoms with Crippen LogP contribution in [0.25, 0.3) is 11.3 Å². The van der Waals surface area contributed by atoms with Gasteiger partial charge in [0.05, 0.1) is 23.7 Å².